The molecule has 4 nitrogen and oxygen atoms in total. The van der Waals surface area contributed by atoms with Gasteiger partial charge in [0, 0.05) is 16.6 Å². The van der Waals surface area contributed by atoms with Crippen LogP contribution in [0.4, 0.5) is 10.1 Å². The molecule has 1 atom stereocenters. The predicted octanol–water partition coefficient (Wildman–Crippen LogP) is 2.21. The summed E-state index contributed by atoms with van der Waals surface area (Å²) in [6, 6.07) is 12.8. The molecule has 2 rings (SSSR count). The maximum Gasteiger partial charge on any atom is 0.237 e. The highest BCUT2D eigenvalue weighted by Crippen LogP contribution is 2.12. The quantitative estimate of drug-likeness (QED) is 0.857. The van der Waals surface area contributed by atoms with E-state index in [1.54, 1.807) is 30.3 Å². The van der Waals surface area contributed by atoms with Crippen molar-refractivity contribution in [2.45, 2.75) is 12.4 Å². The molecule has 2 N–H and O–H groups in total. The molecule has 1 amide bonds. The monoisotopic (exact) mass is 321 g/mol. The van der Waals surface area contributed by atoms with Crippen molar-refractivity contribution in [3.05, 3.63) is 65.5 Å². The van der Waals surface area contributed by atoms with Gasteiger partial charge in [-0.2, -0.15) is 0 Å². The highest BCUT2D eigenvalue weighted by atomic mass is 32.2. The zero-order valence-corrected chi connectivity index (χ0v) is 12.6. The standard InChI is InChI=1S/C16H16FNO3S/c17-14-3-1-2-4-15(14)18-16(20)11-22(21)10-13-7-5-12(9-19)6-8-13/h1-8,19H,9-11H2,(H,18,20). The lowest BCUT2D eigenvalue weighted by Gasteiger charge is -2.06. The van der Waals surface area contributed by atoms with Crippen molar-refractivity contribution in [2.75, 3.05) is 11.1 Å². The van der Waals surface area contributed by atoms with E-state index in [4.69, 9.17) is 5.11 Å². The Bertz CT molecular complexity index is 673. The Balaban J connectivity index is 1.88. The summed E-state index contributed by atoms with van der Waals surface area (Å²) in [6.07, 6.45) is 0. The second-order valence-corrected chi connectivity index (χ2v) is 6.19. The summed E-state index contributed by atoms with van der Waals surface area (Å²) in [5.74, 6) is -0.983. The predicted molar refractivity (Wildman–Crippen MR) is 84.1 cm³/mol. The van der Waals surface area contributed by atoms with E-state index in [9.17, 15) is 13.4 Å². The van der Waals surface area contributed by atoms with Crippen LogP contribution in [0.25, 0.3) is 0 Å². The Morgan fingerprint density at radius 2 is 1.73 bits per heavy atom. The Morgan fingerprint density at radius 1 is 1.09 bits per heavy atom. The number of hydrogen-bond donors (Lipinski definition) is 2. The Morgan fingerprint density at radius 3 is 2.36 bits per heavy atom. The molecule has 0 aliphatic heterocycles. The number of anilines is 1. The first-order chi connectivity index (χ1) is 10.6. The molecule has 0 aliphatic rings. The van der Waals surface area contributed by atoms with Crippen molar-refractivity contribution in [1.82, 2.24) is 0 Å². The fraction of sp³-hybridized carbons (Fsp3) is 0.188. The number of hydrogen-bond acceptors (Lipinski definition) is 3. The average molecular weight is 321 g/mol. The van der Waals surface area contributed by atoms with Gasteiger partial charge >= 0.3 is 0 Å². The first kappa shape index (κ1) is 16.3. The highest BCUT2D eigenvalue weighted by molar-refractivity contribution is 7.84. The summed E-state index contributed by atoms with van der Waals surface area (Å²) in [6.45, 7) is -0.0472. The van der Waals surface area contributed by atoms with Crippen LogP contribution in [0.3, 0.4) is 0 Å². The van der Waals surface area contributed by atoms with Crippen molar-refractivity contribution in [2.24, 2.45) is 0 Å². The third-order valence-corrected chi connectivity index (χ3v) is 4.21. The van der Waals surface area contributed by atoms with E-state index in [2.05, 4.69) is 5.32 Å². The van der Waals surface area contributed by atoms with Gasteiger partial charge < -0.3 is 10.4 Å². The van der Waals surface area contributed by atoms with E-state index in [0.717, 1.165) is 11.1 Å². The molecule has 2 aromatic rings. The largest absolute Gasteiger partial charge is 0.392 e. The van der Waals surface area contributed by atoms with E-state index in [-0.39, 0.29) is 23.8 Å². The minimum absolute atomic E-state index is 0.0472. The van der Waals surface area contributed by atoms with Gasteiger partial charge in [0.1, 0.15) is 11.6 Å². The van der Waals surface area contributed by atoms with Crippen LogP contribution in [-0.4, -0.2) is 21.0 Å². The van der Waals surface area contributed by atoms with E-state index in [1.165, 1.54) is 18.2 Å². The molecule has 0 fully saturated rings. The second kappa shape index (κ2) is 7.82. The Kier molecular flexibility index (Phi) is 5.80. The van der Waals surface area contributed by atoms with Crippen molar-refractivity contribution < 1.29 is 18.5 Å². The molecule has 0 heterocycles. The van der Waals surface area contributed by atoms with Crippen LogP contribution in [0.15, 0.2) is 48.5 Å². The summed E-state index contributed by atoms with van der Waals surface area (Å²) < 4.78 is 25.4. The van der Waals surface area contributed by atoms with Crippen molar-refractivity contribution >= 4 is 22.4 Å². The van der Waals surface area contributed by atoms with Crippen LogP contribution in [0, 0.1) is 5.82 Å². The fourth-order valence-electron chi connectivity index (χ4n) is 1.87. The summed E-state index contributed by atoms with van der Waals surface area (Å²) >= 11 is 0. The molecule has 116 valence electrons. The smallest absolute Gasteiger partial charge is 0.237 e. The minimum atomic E-state index is -1.39. The number of nitrogens with one attached hydrogen (secondary N) is 1. The van der Waals surface area contributed by atoms with Crippen LogP contribution in [0.2, 0.25) is 0 Å². The third-order valence-electron chi connectivity index (χ3n) is 2.97. The highest BCUT2D eigenvalue weighted by Gasteiger charge is 2.11. The number of aliphatic hydroxyl groups excluding tert-OH is 1. The van der Waals surface area contributed by atoms with E-state index in [0.29, 0.717) is 0 Å². The number of benzene rings is 2. The molecule has 0 saturated heterocycles. The van der Waals surface area contributed by atoms with E-state index < -0.39 is 22.5 Å². The fourth-order valence-corrected chi connectivity index (χ4v) is 2.90. The van der Waals surface area contributed by atoms with Crippen molar-refractivity contribution in [3.63, 3.8) is 0 Å². The third kappa shape index (κ3) is 4.75. The van der Waals surface area contributed by atoms with Gasteiger partial charge in [0.05, 0.1) is 12.3 Å². The van der Waals surface area contributed by atoms with E-state index >= 15 is 0 Å². The minimum Gasteiger partial charge on any atom is -0.392 e. The number of carbonyl (C=O) groups is 1. The van der Waals surface area contributed by atoms with Gasteiger partial charge in [0.25, 0.3) is 0 Å². The van der Waals surface area contributed by atoms with Crippen LogP contribution >= 0.6 is 0 Å². The van der Waals surface area contributed by atoms with Crippen LogP contribution < -0.4 is 5.32 Å². The van der Waals surface area contributed by atoms with Gasteiger partial charge in [0.2, 0.25) is 5.91 Å². The topological polar surface area (TPSA) is 66.4 Å². The molecule has 1 unspecified atom stereocenters. The van der Waals surface area contributed by atoms with Crippen LogP contribution in [-0.2, 0) is 28.0 Å². The number of aliphatic hydroxyl groups is 1. The first-order valence-corrected chi connectivity index (χ1v) is 8.15. The number of amides is 1. The summed E-state index contributed by atoms with van der Waals surface area (Å²) in [7, 11) is -1.39. The number of halogens is 1. The zero-order chi connectivity index (χ0) is 15.9. The number of carbonyl (C=O) groups excluding carboxylic acids is 1. The lowest BCUT2D eigenvalue weighted by Crippen LogP contribution is -2.20. The van der Waals surface area contributed by atoms with Gasteiger partial charge in [-0.3, -0.25) is 9.00 Å². The van der Waals surface area contributed by atoms with Gasteiger partial charge in [-0.15, -0.1) is 0 Å². The first-order valence-electron chi connectivity index (χ1n) is 6.66. The number of para-hydroxylation sites is 1. The van der Waals surface area contributed by atoms with Crippen LogP contribution in [0.1, 0.15) is 11.1 Å². The van der Waals surface area contributed by atoms with Gasteiger partial charge in [-0.05, 0) is 23.3 Å². The molecule has 0 spiro atoms. The summed E-state index contributed by atoms with van der Waals surface area (Å²) in [4.78, 5) is 11.8. The molecule has 2 aromatic carbocycles. The Hall–Kier alpha value is -2.05. The van der Waals surface area contributed by atoms with Crippen molar-refractivity contribution in [1.29, 1.82) is 0 Å². The number of rotatable bonds is 6. The lowest BCUT2D eigenvalue weighted by atomic mass is 10.2. The van der Waals surface area contributed by atoms with Crippen LogP contribution in [0.5, 0.6) is 0 Å². The normalized spacial score (nSPS) is 11.9. The molecule has 0 bridgehead atoms. The Labute approximate surface area is 130 Å². The summed E-state index contributed by atoms with van der Waals surface area (Å²) in [5, 5.41) is 11.4. The SMILES string of the molecule is O=C(CS(=O)Cc1ccc(CO)cc1)Nc1ccccc1F. The molecular weight excluding hydrogens is 305 g/mol. The summed E-state index contributed by atoms with van der Waals surface area (Å²) in [5.41, 5.74) is 1.66. The van der Waals surface area contributed by atoms with E-state index in [1.807, 2.05) is 0 Å². The molecule has 0 saturated carbocycles. The molecular formula is C16H16FNO3S. The van der Waals surface area contributed by atoms with Gasteiger partial charge in [-0.1, -0.05) is 36.4 Å². The maximum atomic E-state index is 13.4. The van der Waals surface area contributed by atoms with Gasteiger partial charge in [0.15, 0.2) is 0 Å². The van der Waals surface area contributed by atoms with Crippen molar-refractivity contribution in [3.8, 4) is 0 Å². The molecule has 0 aromatic heterocycles. The average Bonchev–Trinajstić information content (AvgIpc) is 2.50. The zero-order valence-electron chi connectivity index (χ0n) is 11.8. The van der Waals surface area contributed by atoms with Gasteiger partial charge in [-0.25, -0.2) is 4.39 Å². The molecule has 0 radical (unpaired) electrons. The molecule has 0 aliphatic carbocycles. The lowest BCUT2D eigenvalue weighted by molar-refractivity contribution is -0.113. The molecule has 6 heteroatoms. The second-order valence-electron chi connectivity index (χ2n) is 4.73. The maximum absolute atomic E-state index is 13.4. The molecule has 22 heavy (non-hydrogen) atoms.